The fourth-order valence-corrected chi connectivity index (χ4v) is 4.92. The second-order valence-electron chi connectivity index (χ2n) is 8.68. The Kier molecular flexibility index (Phi) is 6.54. The number of amides is 1. The molecule has 0 aromatic rings. The lowest BCUT2D eigenvalue weighted by atomic mass is 9.83. The molecule has 1 saturated carbocycles. The minimum absolute atomic E-state index is 0.125. The molecule has 1 saturated heterocycles. The van der Waals surface area contributed by atoms with Crippen molar-refractivity contribution in [3.8, 4) is 0 Å². The fourth-order valence-electron chi connectivity index (χ4n) is 4.92. The molecule has 0 spiro atoms. The van der Waals surface area contributed by atoms with Gasteiger partial charge in [0.2, 0.25) is 0 Å². The van der Waals surface area contributed by atoms with Crippen molar-refractivity contribution >= 4 is 6.09 Å². The highest BCUT2D eigenvalue weighted by atomic mass is 16.5. The Morgan fingerprint density at radius 1 is 1.12 bits per heavy atom. The van der Waals surface area contributed by atoms with E-state index in [4.69, 9.17) is 9.84 Å². The van der Waals surface area contributed by atoms with Crippen molar-refractivity contribution in [3.05, 3.63) is 0 Å². The molecule has 1 amide bonds. The average molecular weight is 342 g/mol. The molecule has 2 rings (SSSR count). The van der Waals surface area contributed by atoms with Crippen molar-refractivity contribution in [2.24, 2.45) is 0 Å². The van der Waals surface area contributed by atoms with Crippen LogP contribution in [0.1, 0.15) is 72.6 Å². The Balaban J connectivity index is 1.99. The maximum absolute atomic E-state index is 10.9. The summed E-state index contributed by atoms with van der Waals surface area (Å²) < 4.78 is 7.11. The number of quaternary nitrogens is 1. The van der Waals surface area contributed by atoms with Crippen LogP contribution in [0.3, 0.4) is 0 Å². The standard InChI is InChI=1S/C19H36N2O3/c1-5-14-24-17-8-6-16(7-9-17)21(19(2,3)4)12-10-15(11-13-21)20-18(22)23/h15-17,20H,5-14H2,1-4H3/p+1. The van der Waals surface area contributed by atoms with E-state index in [2.05, 4.69) is 33.0 Å². The Morgan fingerprint density at radius 3 is 2.17 bits per heavy atom. The van der Waals surface area contributed by atoms with Gasteiger partial charge in [-0.2, -0.15) is 0 Å². The van der Waals surface area contributed by atoms with Gasteiger partial charge in [0.1, 0.15) is 0 Å². The van der Waals surface area contributed by atoms with Gasteiger partial charge >= 0.3 is 6.09 Å². The average Bonchev–Trinajstić information content (AvgIpc) is 2.52. The predicted molar refractivity (Wildman–Crippen MR) is 96.2 cm³/mol. The summed E-state index contributed by atoms with van der Waals surface area (Å²) in [5, 5.41) is 11.7. The maximum Gasteiger partial charge on any atom is 0.404 e. The minimum Gasteiger partial charge on any atom is -0.465 e. The van der Waals surface area contributed by atoms with Gasteiger partial charge in [-0.05, 0) is 40.0 Å². The van der Waals surface area contributed by atoms with Crippen molar-refractivity contribution in [1.82, 2.24) is 5.32 Å². The third-order valence-electron chi connectivity index (χ3n) is 6.32. The Morgan fingerprint density at radius 2 is 1.71 bits per heavy atom. The first kappa shape index (κ1) is 19.5. The summed E-state index contributed by atoms with van der Waals surface area (Å²) in [7, 11) is 0. The van der Waals surface area contributed by atoms with Crippen LogP contribution in [-0.2, 0) is 4.74 Å². The molecule has 0 atom stereocenters. The van der Waals surface area contributed by atoms with Gasteiger partial charge in [0.15, 0.2) is 0 Å². The molecule has 24 heavy (non-hydrogen) atoms. The molecule has 1 heterocycles. The summed E-state index contributed by atoms with van der Waals surface area (Å²) in [6.45, 7) is 12.3. The van der Waals surface area contributed by atoms with Gasteiger partial charge in [-0.25, -0.2) is 4.79 Å². The van der Waals surface area contributed by atoms with E-state index in [-0.39, 0.29) is 11.6 Å². The van der Waals surface area contributed by atoms with Crippen LogP contribution in [0, 0.1) is 0 Å². The van der Waals surface area contributed by atoms with Crippen LogP contribution < -0.4 is 5.32 Å². The summed E-state index contributed by atoms with van der Waals surface area (Å²) in [5.74, 6) is 0. The second kappa shape index (κ2) is 8.05. The first-order valence-electron chi connectivity index (χ1n) is 9.76. The molecule has 0 unspecified atom stereocenters. The zero-order valence-electron chi connectivity index (χ0n) is 16.0. The van der Waals surface area contributed by atoms with Gasteiger partial charge in [-0.15, -0.1) is 0 Å². The molecule has 0 aromatic heterocycles. The van der Waals surface area contributed by atoms with Gasteiger partial charge in [0, 0.05) is 38.3 Å². The molecule has 2 aliphatic rings. The summed E-state index contributed by atoms with van der Waals surface area (Å²) >= 11 is 0. The zero-order valence-corrected chi connectivity index (χ0v) is 16.0. The monoisotopic (exact) mass is 341 g/mol. The van der Waals surface area contributed by atoms with E-state index in [0.29, 0.717) is 12.1 Å². The molecule has 1 aliphatic carbocycles. The number of nitrogens with zero attached hydrogens (tertiary/aromatic N) is 1. The maximum atomic E-state index is 10.9. The van der Waals surface area contributed by atoms with Crippen LogP contribution in [0.25, 0.3) is 0 Å². The van der Waals surface area contributed by atoms with Gasteiger partial charge in [-0.3, -0.25) is 0 Å². The van der Waals surface area contributed by atoms with Crippen molar-refractivity contribution in [1.29, 1.82) is 0 Å². The molecule has 1 aliphatic heterocycles. The number of rotatable bonds is 5. The third-order valence-corrected chi connectivity index (χ3v) is 6.32. The van der Waals surface area contributed by atoms with Gasteiger partial charge in [0.25, 0.3) is 0 Å². The number of ether oxygens (including phenoxy) is 1. The van der Waals surface area contributed by atoms with Gasteiger partial charge in [-0.1, -0.05) is 6.92 Å². The second-order valence-corrected chi connectivity index (χ2v) is 8.68. The smallest absolute Gasteiger partial charge is 0.404 e. The topological polar surface area (TPSA) is 58.6 Å². The highest BCUT2D eigenvalue weighted by Gasteiger charge is 2.49. The quantitative estimate of drug-likeness (QED) is 0.748. The minimum atomic E-state index is -0.885. The first-order chi connectivity index (χ1) is 11.3. The van der Waals surface area contributed by atoms with E-state index >= 15 is 0 Å². The fraction of sp³-hybridized carbons (Fsp3) is 0.947. The van der Waals surface area contributed by atoms with Crippen molar-refractivity contribution < 1.29 is 19.1 Å². The SMILES string of the molecule is CCCOC1CCC([N+]2(C(C)(C)C)CCC(NC(=O)O)CC2)CC1. The number of nitrogens with one attached hydrogen (secondary N) is 1. The van der Waals surface area contributed by atoms with Crippen molar-refractivity contribution in [3.63, 3.8) is 0 Å². The van der Waals surface area contributed by atoms with E-state index in [9.17, 15) is 4.79 Å². The zero-order chi connectivity index (χ0) is 17.8. The summed E-state index contributed by atoms with van der Waals surface area (Å²) in [6.07, 6.45) is 7.41. The summed E-state index contributed by atoms with van der Waals surface area (Å²) in [5.41, 5.74) is 0.204. The summed E-state index contributed by atoms with van der Waals surface area (Å²) in [4.78, 5) is 10.9. The number of carbonyl (C=O) groups is 1. The van der Waals surface area contributed by atoms with Crippen LogP contribution >= 0.6 is 0 Å². The van der Waals surface area contributed by atoms with E-state index in [1.165, 1.54) is 25.7 Å². The van der Waals surface area contributed by atoms with Crippen LogP contribution in [0.5, 0.6) is 0 Å². The molecule has 0 aromatic carbocycles. The van der Waals surface area contributed by atoms with Gasteiger partial charge < -0.3 is 19.6 Å². The lowest BCUT2D eigenvalue weighted by Crippen LogP contribution is -2.70. The van der Waals surface area contributed by atoms with Crippen molar-refractivity contribution in [2.45, 2.75) is 96.4 Å². The molecular formula is C19H37N2O3+. The number of hydrogen-bond donors (Lipinski definition) is 2. The molecule has 5 heteroatoms. The number of hydrogen-bond acceptors (Lipinski definition) is 2. The Labute approximate surface area is 147 Å². The largest absolute Gasteiger partial charge is 0.465 e. The number of piperidine rings is 1. The van der Waals surface area contributed by atoms with Crippen molar-refractivity contribution in [2.75, 3.05) is 19.7 Å². The van der Waals surface area contributed by atoms with Crippen LogP contribution in [0.2, 0.25) is 0 Å². The van der Waals surface area contributed by atoms with Crippen LogP contribution in [-0.4, -0.2) is 59.1 Å². The highest BCUT2D eigenvalue weighted by molar-refractivity contribution is 5.64. The molecule has 2 N–H and O–H groups in total. The van der Waals surface area contributed by atoms with Crippen LogP contribution in [0.15, 0.2) is 0 Å². The normalized spacial score (nSPS) is 34.8. The molecule has 5 nitrogen and oxygen atoms in total. The van der Waals surface area contributed by atoms with E-state index < -0.39 is 6.09 Å². The number of carboxylic acid groups (broad SMARTS) is 1. The Bertz CT molecular complexity index is 403. The predicted octanol–water partition coefficient (Wildman–Crippen LogP) is 3.77. The Hall–Kier alpha value is -0.810. The molecule has 140 valence electrons. The molecular weight excluding hydrogens is 304 g/mol. The summed E-state index contributed by atoms with van der Waals surface area (Å²) in [6, 6.07) is 0.817. The highest BCUT2D eigenvalue weighted by Crippen LogP contribution is 2.39. The van der Waals surface area contributed by atoms with E-state index in [1.807, 2.05) is 0 Å². The van der Waals surface area contributed by atoms with Crippen LogP contribution in [0.4, 0.5) is 4.79 Å². The van der Waals surface area contributed by atoms with E-state index in [0.717, 1.165) is 43.4 Å². The lowest BCUT2D eigenvalue weighted by Gasteiger charge is -2.57. The third kappa shape index (κ3) is 4.42. The van der Waals surface area contributed by atoms with Gasteiger partial charge in [0.05, 0.1) is 30.8 Å². The van der Waals surface area contributed by atoms with E-state index in [1.54, 1.807) is 0 Å². The molecule has 2 fully saturated rings. The number of likely N-dealkylation sites (tertiary alicyclic amines) is 1. The molecule has 0 bridgehead atoms. The lowest BCUT2D eigenvalue weighted by molar-refractivity contribution is -0.997. The molecule has 0 radical (unpaired) electrons. The first-order valence-corrected chi connectivity index (χ1v) is 9.76.